The van der Waals surface area contributed by atoms with Crippen LogP contribution in [0.15, 0.2) is 18.2 Å². The van der Waals surface area contributed by atoms with Crippen molar-refractivity contribution >= 4 is 21.6 Å². The molecule has 1 aromatic carbocycles. The quantitative estimate of drug-likeness (QED) is 0.479. The molecule has 0 fully saturated rings. The molecule has 0 saturated carbocycles. The Morgan fingerprint density at radius 3 is 2.53 bits per heavy atom. The average Bonchev–Trinajstić information content (AvgIpc) is 2.16. The van der Waals surface area contributed by atoms with Crippen molar-refractivity contribution in [2.75, 3.05) is 5.33 Å². The number of halogens is 1. The number of nitrogens with zero attached hydrogens (tertiary/aromatic N) is 1. The van der Waals surface area contributed by atoms with E-state index in [1.807, 2.05) is 26.0 Å². The van der Waals surface area contributed by atoms with E-state index >= 15 is 0 Å². The number of nitro groups is 1. The second kappa shape index (κ2) is 4.31. The molecule has 0 aliphatic rings. The smallest absolute Gasteiger partial charge is 0.258 e. The Bertz CT molecular complexity index is 388. The molecule has 0 spiro atoms. The summed E-state index contributed by atoms with van der Waals surface area (Å²) in [7, 11) is 0. The zero-order chi connectivity index (χ0) is 11.6. The first-order chi connectivity index (χ1) is 6.90. The van der Waals surface area contributed by atoms with Gasteiger partial charge in [-0.15, -0.1) is 0 Å². The molecule has 0 N–H and O–H groups in total. The van der Waals surface area contributed by atoms with Crippen molar-refractivity contribution in [1.82, 2.24) is 0 Å². The maximum absolute atomic E-state index is 11.0. The van der Waals surface area contributed by atoms with Crippen LogP contribution in [0.25, 0.3) is 0 Å². The molecule has 1 rings (SSSR count). The van der Waals surface area contributed by atoms with Gasteiger partial charge in [-0.05, 0) is 6.92 Å². The van der Waals surface area contributed by atoms with Crippen LogP contribution < -0.4 is 0 Å². The zero-order valence-electron chi connectivity index (χ0n) is 9.08. The van der Waals surface area contributed by atoms with Gasteiger partial charge in [0.15, 0.2) is 0 Å². The monoisotopic (exact) mass is 271 g/mol. The molecule has 0 saturated heterocycles. The summed E-state index contributed by atoms with van der Waals surface area (Å²) in [6.07, 6.45) is 0. The summed E-state index contributed by atoms with van der Waals surface area (Å²) < 4.78 is 0. The van der Waals surface area contributed by atoms with Gasteiger partial charge in [0.05, 0.1) is 4.92 Å². The largest absolute Gasteiger partial charge is 0.276 e. The van der Waals surface area contributed by atoms with Crippen LogP contribution in [-0.2, 0) is 5.41 Å². The fourth-order valence-electron chi connectivity index (χ4n) is 1.52. The highest BCUT2D eigenvalue weighted by Gasteiger charge is 2.28. The van der Waals surface area contributed by atoms with E-state index in [-0.39, 0.29) is 16.0 Å². The van der Waals surface area contributed by atoms with Gasteiger partial charge in [-0.25, -0.2) is 0 Å². The molecular formula is C11H14BrNO2. The van der Waals surface area contributed by atoms with Crippen molar-refractivity contribution in [3.63, 3.8) is 0 Å². The van der Waals surface area contributed by atoms with E-state index in [2.05, 4.69) is 15.9 Å². The molecule has 0 heterocycles. The van der Waals surface area contributed by atoms with Crippen molar-refractivity contribution in [3.05, 3.63) is 39.4 Å². The predicted octanol–water partition coefficient (Wildman–Crippen LogP) is 3.58. The van der Waals surface area contributed by atoms with Gasteiger partial charge in [0.2, 0.25) is 0 Å². The summed E-state index contributed by atoms with van der Waals surface area (Å²) >= 11 is 3.39. The van der Waals surface area contributed by atoms with Crippen LogP contribution in [0.5, 0.6) is 0 Å². The van der Waals surface area contributed by atoms with Gasteiger partial charge < -0.3 is 0 Å². The second-order valence-electron chi connectivity index (χ2n) is 4.25. The van der Waals surface area contributed by atoms with Crippen molar-refractivity contribution < 1.29 is 4.92 Å². The first-order valence-electron chi connectivity index (χ1n) is 4.70. The van der Waals surface area contributed by atoms with Crippen LogP contribution in [0, 0.1) is 17.0 Å². The van der Waals surface area contributed by atoms with Gasteiger partial charge in [-0.3, -0.25) is 10.1 Å². The number of nitro benzene ring substituents is 1. The maximum Gasteiger partial charge on any atom is 0.276 e. The highest BCUT2D eigenvalue weighted by Crippen LogP contribution is 2.34. The summed E-state index contributed by atoms with van der Waals surface area (Å²) in [5, 5.41) is 11.7. The minimum atomic E-state index is -0.297. The number of aryl methyl sites for hydroxylation is 1. The molecule has 0 aliphatic heterocycles. The van der Waals surface area contributed by atoms with Crippen LogP contribution in [-0.4, -0.2) is 10.3 Å². The van der Waals surface area contributed by atoms with Gasteiger partial charge in [-0.2, -0.15) is 0 Å². The number of benzene rings is 1. The molecule has 4 heteroatoms. The first kappa shape index (κ1) is 12.2. The van der Waals surface area contributed by atoms with Gasteiger partial charge in [0, 0.05) is 21.9 Å². The SMILES string of the molecule is Cc1cccc(C(C)(C)CBr)c1[N+](=O)[O-]. The van der Waals surface area contributed by atoms with Crippen LogP contribution in [0.2, 0.25) is 0 Å². The molecule has 82 valence electrons. The molecule has 3 nitrogen and oxygen atoms in total. The number of para-hydroxylation sites is 1. The Morgan fingerprint density at radius 1 is 1.47 bits per heavy atom. The Labute approximate surface area is 97.8 Å². The maximum atomic E-state index is 11.0. The molecule has 0 atom stereocenters. The van der Waals surface area contributed by atoms with E-state index in [1.165, 1.54) is 0 Å². The number of alkyl halides is 1. The fraction of sp³-hybridized carbons (Fsp3) is 0.455. The summed E-state index contributed by atoms with van der Waals surface area (Å²) in [5.41, 5.74) is 1.51. The highest BCUT2D eigenvalue weighted by molar-refractivity contribution is 9.09. The van der Waals surface area contributed by atoms with Gasteiger partial charge in [-0.1, -0.05) is 48.0 Å². The predicted molar refractivity (Wildman–Crippen MR) is 64.7 cm³/mol. The molecule has 0 unspecified atom stereocenters. The molecule has 0 radical (unpaired) electrons. The fourth-order valence-corrected chi connectivity index (χ4v) is 1.82. The zero-order valence-corrected chi connectivity index (χ0v) is 10.7. The third-order valence-corrected chi connectivity index (χ3v) is 3.89. The van der Waals surface area contributed by atoms with Crippen molar-refractivity contribution in [1.29, 1.82) is 0 Å². The number of hydrogen-bond donors (Lipinski definition) is 0. The van der Waals surface area contributed by atoms with E-state index in [0.717, 1.165) is 5.56 Å². The minimum absolute atomic E-state index is 0.228. The third-order valence-electron chi connectivity index (χ3n) is 2.48. The Balaban J connectivity index is 3.42. The Hall–Kier alpha value is -0.900. The lowest BCUT2D eigenvalue weighted by atomic mass is 9.84. The molecule has 0 aromatic heterocycles. The average molecular weight is 272 g/mol. The second-order valence-corrected chi connectivity index (χ2v) is 4.81. The molecular weight excluding hydrogens is 258 g/mol. The summed E-state index contributed by atoms with van der Waals surface area (Å²) in [6.45, 7) is 5.75. The number of hydrogen-bond acceptors (Lipinski definition) is 2. The Morgan fingerprint density at radius 2 is 2.07 bits per heavy atom. The van der Waals surface area contributed by atoms with E-state index in [4.69, 9.17) is 0 Å². The first-order valence-corrected chi connectivity index (χ1v) is 5.83. The highest BCUT2D eigenvalue weighted by atomic mass is 79.9. The third kappa shape index (κ3) is 2.37. The molecule has 1 aromatic rings. The van der Waals surface area contributed by atoms with E-state index < -0.39 is 0 Å². The summed E-state index contributed by atoms with van der Waals surface area (Å²) in [6, 6.07) is 5.46. The van der Waals surface area contributed by atoms with E-state index in [1.54, 1.807) is 13.0 Å². The topological polar surface area (TPSA) is 43.1 Å². The van der Waals surface area contributed by atoms with Crippen molar-refractivity contribution in [2.24, 2.45) is 0 Å². The van der Waals surface area contributed by atoms with Crippen LogP contribution in [0.3, 0.4) is 0 Å². The lowest BCUT2D eigenvalue weighted by Gasteiger charge is -2.22. The van der Waals surface area contributed by atoms with E-state index in [9.17, 15) is 10.1 Å². The van der Waals surface area contributed by atoms with Crippen LogP contribution in [0.1, 0.15) is 25.0 Å². The van der Waals surface area contributed by atoms with Crippen LogP contribution >= 0.6 is 15.9 Å². The van der Waals surface area contributed by atoms with E-state index in [0.29, 0.717) is 10.9 Å². The Kier molecular flexibility index (Phi) is 3.50. The summed E-state index contributed by atoms with van der Waals surface area (Å²) in [5.74, 6) is 0. The lowest BCUT2D eigenvalue weighted by molar-refractivity contribution is -0.386. The molecule has 0 amide bonds. The standard InChI is InChI=1S/C11H14BrNO2/c1-8-5-4-6-9(10(8)13(14)15)11(2,3)7-12/h4-6H,7H2,1-3H3. The van der Waals surface area contributed by atoms with Gasteiger partial charge >= 0.3 is 0 Å². The molecule has 0 bridgehead atoms. The lowest BCUT2D eigenvalue weighted by Crippen LogP contribution is -2.20. The van der Waals surface area contributed by atoms with Gasteiger partial charge in [0.1, 0.15) is 0 Å². The normalized spacial score (nSPS) is 11.5. The van der Waals surface area contributed by atoms with Gasteiger partial charge in [0.25, 0.3) is 5.69 Å². The summed E-state index contributed by atoms with van der Waals surface area (Å²) in [4.78, 5) is 10.7. The number of rotatable bonds is 3. The molecule has 15 heavy (non-hydrogen) atoms. The minimum Gasteiger partial charge on any atom is -0.258 e. The van der Waals surface area contributed by atoms with Crippen molar-refractivity contribution in [3.8, 4) is 0 Å². The molecule has 0 aliphatic carbocycles. The van der Waals surface area contributed by atoms with Crippen molar-refractivity contribution in [2.45, 2.75) is 26.2 Å². The van der Waals surface area contributed by atoms with Crippen LogP contribution in [0.4, 0.5) is 5.69 Å².